The topological polar surface area (TPSA) is 81.9 Å². The largest absolute Gasteiger partial charge is 0.456 e. The van der Waals surface area contributed by atoms with Gasteiger partial charge in [0.15, 0.2) is 8.32 Å². The standard InChI is InChI=1S/C19H32N2O5Si/c1-14(22)26-18(15-9-11-16(12-10-15)21(23)24)17(20(5)6)13-25-27(7,8)19(2,3)4/h9-12,17-18H,13H2,1-8H3/t17-,18-/m1/s1. The second kappa shape index (κ2) is 8.94. The van der Waals surface area contributed by atoms with Gasteiger partial charge in [0.1, 0.15) is 6.10 Å². The lowest BCUT2D eigenvalue weighted by Gasteiger charge is -2.39. The molecule has 2 atom stereocenters. The van der Waals surface area contributed by atoms with Crippen LogP contribution in [0, 0.1) is 10.1 Å². The molecule has 7 nitrogen and oxygen atoms in total. The van der Waals surface area contributed by atoms with Gasteiger partial charge in [-0.2, -0.15) is 0 Å². The fraction of sp³-hybridized carbons (Fsp3) is 0.632. The van der Waals surface area contributed by atoms with Gasteiger partial charge in [0.05, 0.1) is 17.6 Å². The average molecular weight is 397 g/mol. The van der Waals surface area contributed by atoms with Crippen molar-refractivity contribution >= 4 is 20.0 Å². The van der Waals surface area contributed by atoms with Crippen LogP contribution in [0.4, 0.5) is 5.69 Å². The number of nitro benzene ring substituents is 1. The van der Waals surface area contributed by atoms with Crippen molar-refractivity contribution in [2.75, 3.05) is 20.7 Å². The molecule has 0 bridgehead atoms. The SMILES string of the molecule is CC(=O)O[C@H](c1ccc([N+](=O)[O-])cc1)[C@@H](CO[Si](C)(C)C(C)(C)C)N(C)C. The van der Waals surface area contributed by atoms with Gasteiger partial charge >= 0.3 is 5.97 Å². The van der Waals surface area contributed by atoms with Gasteiger partial charge in [-0.15, -0.1) is 0 Å². The molecule has 0 fully saturated rings. The smallest absolute Gasteiger partial charge is 0.303 e. The molecule has 0 unspecified atom stereocenters. The molecule has 0 aliphatic heterocycles. The van der Waals surface area contributed by atoms with Gasteiger partial charge in [0, 0.05) is 19.1 Å². The van der Waals surface area contributed by atoms with Crippen molar-refractivity contribution in [3.05, 3.63) is 39.9 Å². The van der Waals surface area contributed by atoms with Crippen LogP contribution in [0.5, 0.6) is 0 Å². The number of ether oxygens (including phenoxy) is 1. The lowest BCUT2D eigenvalue weighted by atomic mass is 10.0. The molecule has 0 aliphatic carbocycles. The highest BCUT2D eigenvalue weighted by Crippen LogP contribution is 2.37. The third-order valence-corrected chi connectivity index (χ3v) is 9.66. The summed E-state index contributed by atoms with van der Waals surface area (Å²) in [4.78, 5) is 24.1. The molecule has 152 valence electrons. The van der Waals surface area contributed by atoms with Crippen molar-refractivity contribution in [1.29, 1.82) is 0 Å². The van der Waals surface area contributed by atoms with E-state index in [1.54, 1.807) is 12.1 Å². The zero-order chi connectivity index (χ0) is 21.0. The van der Waals surface area contributed by atoms with Crippen molar-refractivity contribution in [2.24, 2.45) is 0 Å². The van der Waals surface area contributed by atoms with E-state index >= 15 is 0 Å². The maximum Gasteiger partial charge on any atom is 0.303 e. The molecule has 1 aromatic rings. The summed E-state index contributed by atoms with van der Waals surface area (Å²) in [5.41, 5.74) is 0.701. The third kappa shape index (κ3) is 6.41. The van der Waals surface area contributed by atoms with Crippen LogP contribution in [0.15, 0.2) is 24.3 Å². The number of esters is 1. The number of hydrogen-bond acceptors (Lipinski definition) is 6. The number of rotatable bonds is 8. The van der Waals surface area contributed by atoms with Gasteiger partial charge in [-0.25, -0.2) is 0 Å². The summed E-state index contributed by atoms with van der Waals surface area (Å²) < 4.78 is 12.0. The van der Waals surface area contributed by atoms with Gasteiger partial charge in [0.25, 0.3) is 5.69 Å². The molecule has 8 heteroatoms. The highest BCUT2D eigenvalue weighted by Gasteiger charge is 2.39. The molecule has 1 rings (SSSR count). The summed E-state index contributed by atoms with van der Waals surface area (Å²) in [5, 5.41) is 11.0. The zero-order valence-electron chi connectivity index (χ0n) is 17.6. The number of carbonyl (C=O) groups is 1. The number of carbonyl (C=O) groups excluding carboxylic acids is 1. The molecule has 27 heavy (non-hydrogen) atoms. The summed E-state index contributed by atoms with van der Waals surface area (Å²) >= 11 is 0. The molecule has 0 amide bonds. The molecule has 0 N–H and O–H groups in total. The molecule has 0 aromatic heterocycles. The Kier molecular flexibility index (Phi) is 7.71. The fourth-order valence-corrected chi connectivity index (χ4v) is 3.37. The molecular formula is C19H32N2O5Si. The highest BCUT2D eigenvalue weighted by molar-refractivity contribution is 6.74. The first-order valence-corrected chi connectivity index (χ1v) is 11.9. The molecule has 0 radical (unpaired) electrons. The molecule has 0 spiro atoms. The normalized spacial score (nSPS) is 14.7. The predicted octanol–water partition coefficient (Wildman–Crippen LogP) is 4.15. The number of hydrogen-bond donors (Lipinski definition) is 0. The van der Waals surface area contributed by atoms with E-state index in [9.17, 15) is 14.9 Å². The number of non-ortho nitro benzene ring substituents is 1. The molecular weight excluding hydrogens is 364 g/mol. The van der Waals surface area contributed by atoms with E-state index in [0.717, 1.165) is 0 Å². The minimum absolute atomic E-state index is 0.000693. The molecule has 0 aliphatic rings. The molecule has 1 aromatic carbocycles. The van der Waals surface area contributed by atoms with Crippen LogP contribution in [0.3, 0.4) is 0 Å². The minimum atomic E-state index is -1.98. The Morgan fingerprint density at radius 1 is 1.22 bits per heavy atom. The summed E-state index contributed by atoms with van der Waals surface area (Å²) in [6.07, 6.45) is -0.580. The predicted molar refractivity (Wildman–Crippen MR) is 108 cm³/mol. The van der Waals surface area contributed by atoms with Gasteiger partial charge in [-0.3, -0.25) is 14.9 Å². The third-order valence-electron chi connectivity index (χ3n) is 5.16. The average Bonchev–Trinajstić information content (AvgIpc) is 2.52. The summed E-state index contributed by atoms with van der Waals surface area (Å²) in [6.45, 7) is 12.6. The summed E-state index contributed by atoms with van der Waals surface area (Å²) in [5.74, 6) is -0.405. The van der Waals surface area contributed by atoms with Crippen molar-refractivity contribution in [1.82, 2.24) is 4.90 Å². The number of nitrogens with zero attached hydrogens (tertiary/aromatic N) is 2. The second-order valence-electron chi connectivity index (χ2n) is 8.48. The van der Waals surface area contributed by atoms with Gasteiger partial charge in [-0.1, -0.05) is 20.8 Å². The Labute approximate surface area is 162 Å². The van der Waals surface area contributed by atoms with E-state index in [-0.39, 0.29) is 16.8 Å². The summed E-state index contributed by atoms with van der Waals surface area (Å²) in [7, 11) is 1.83. The molecule has 0 heterocycles. The molecule has 0 saturated carbocycles. The fourth-order valence-electron chi connectivity index (χ4n) is 2.35. The number of nitro groups is 1. The monoisotopic (exact) mass is 396 g/mol. The van der Waals surface area contributed by atoms with E-state index in [1.807, 2.05) is 19.0 Å². The maximum atomic E-state index is 11.7. The van der Waals surface area contributed by atoms with Gasteiger partial charge in [0.2, 0.25) is 0 Å². The van der Waals surface area contributed by atoms with Gasteiger partial charge < -0.3 is 14.1 Å². The minimum Gasteiger partial charge on any atom is -0.456 e. The van der Waals surface area contributed by atoms with Crippen LogP contribution >= 0.6 is 0 Å². The highest BCUT2D eigenvalue weighted by atomic mass is 28.4. The van der Waals surface area contributed by atoms with Crippen molar-refractivity contribution in [2.45, 2.75) is 58.0 Å². The van der Waals surface area contributed by atoms with Crippen molar-refractivity contribution < 1.29 is 18.9 Å². The number of likely N-dealkylation sites (N-methyl/N-ethyl adjacent to an activating group) is 1. The van der Waals surface area contributed by atoms with Gasteiger partial charge in [-0.05, 0) is 49.9 Å². The second-order valence-corrected chi connectivity index (χ2v) is 13.3. The Bertz CT molecular complexity index is 653. The van der Waals surface area contributed by atoms with Crippen LogP contribution in [-0.4, -0.2) is 50.9 Å². The quantitative estimate of drug-likeness (QED) is 0.284. The molecule has 0 saturated heterocycles. The first kappa shape index (κ1) is 23.3. The van der Waals surface area contributed by atoms with E-state index in [4.69, 9.17) is 9.16 Å². The van der Waals surface area contributed by atoms with Crippen LogP contribution in [0.1, 0.15) is 39.4 Å². The Morgan fingerprint density at radius 2 is 1.74 bits per heavy atom. The maximum absolute atomic E-state index is 11.7. The van der Waals surface area contributed by atoms with Crippen LogP contribution < -0.4 is 0 Å². The van der Waals surface area contributed by atoms with Crippen molar-refractivity contribution in [3.8, 4) is 0 Å². The van der Waals surface area contributed by atoms with E-state index < -0.39 is 25.3 Å². The van der Waals surface area contributed by atoms with E-state index in [0.29, 0.717) is 12.2 Å². The van der Waals surface area contributed by atoms with E-state index in [2.05, 4.69) is 33.9 Å². The van der Waals surface area contributed by atoms with Crippen LogP contribution in [0.2, 0.25) is 18.1 Å². The first-order valence-electron chi connectivity index (χ1n) is 8.98. The zero-order valence-corrected chi connectivity index (χ0v) is 18.6. The van der Waals surface area contributed by atoms with Crippen molar-refractivity contribution in [3.63, 3.8) is 0 Å². The van der Waals surface area contributed by atoms with Crippen LogP contribution in [-0.2, 0) is 14.0 Å². The Balaban J connectivity index is 3.15. The Morgan fingerprint density at radius 3 is 2.11 bits per heavy atom. The van der Waals surface area contributed by atoms with Crippen LogP contribution in [0.25, 0.3) is 0 Å². The van der Waals surface area contributed by atoms with E-state index in [1.165, 1.54) is 19.1 Å². The summed E-state index contributed by atoms with van der Waals surface area (Å²) in [6, 6.07) is 5.90. The lowest BCUT2D eigenvalue weighted by Crippen LogP contribution is -2.47. The lowest BCUT2D eigenvalue weighted by molar-refractivity contribution is -0.384. The first-order chi connectivity index (χ1) is 12.3. The Hall–Kier alpha value is -1.77. The number of benzene rings is 1.